The first-order valence-electron chi connectivity index (χ1n) is 12.1. The van der Waals surface area contributed by atoms with Crippen LogP contribution in [0.1, 0.15) is 112 Å². The molecule has 0 aliphatic heterocycles. The van der Waals surface area contributed by atoms with Crippen molar-refractivity contribution in [3.05, 3.63) is 28.8 Å². The van der Waals surface area contributed by atoms with Crippen LogP contribution in [-0.2, 0) is 31.5 Å². The third-order valence-corrected chi connectivity index (χ3v) is 5.15. The average Bonchev–Trinajstić information content (AvgIpc) is 2.60. The highest BCUT2D eigenvalue weighted by Gasteiger charge is 2.30. The lowest BCUT2D eigenvalue weighted by atomic mass is 9.78. The third-order valence-electron chi connectivity index (χ3n) is 5.15. The standard InChI is InChI=1S/C28H46O5/c1-19(2)13-12-16-31-23(29)15-14-20-17-21(26(3,4)5)24(22(18-20)27(6,7)8)32-25(30)33-28(9,10)11/h17-19H,12-16H2,1-11H3. The number of esters is 1. The van der Waals surface area contributed by atoms with Crippen LogP contribution in [0.4, 0.5) is 4.79 Å². The summed E-state index contributed by atoms with van der Waals surface area (Å²) in [6, 6.07) is 4.09. The van der Waals surface area contributed by atoms with Crippen LogP contribution in [0.15, 0.2) is 12.1 Å². The van der Waals surface area contributed by atoms with Crippen molar-refractivity contribution in [3.63, 3.8) is 0 Å². The van der Waals surface area contributed by atoms with Crippen molar-refractivity contribution in [2.24, 2.45) is 5.92 Å². The first-order chi connectivity index (χ1) is 14.9. The van der Waals surface area contributed by atoms with Gasteiger partial charge in [-0.25, -0.2) is 4.79 Å². The number of aryl methyl sites for hydroxylation is 1. The van der Waals surface area contributed by atoms with Gasteiger partial charge in [0.1, 0.15) is 11.4 Å². The summed E-state index contributed by atoms with van der Waals surface area (Å²) in [4.78, 5) is 24.8. The fourth-order valence-corrected chi connectivity index (χ4v) is 3.41. The third kappa shape index (κ3) is 10.6. The summed E-state index contributed by atoms with van der Waals surface area (Å²) in [5.74, 6) is 0.975. The quantitative estimate of drug-likeness (QED) is 0.227. The second-order valence-corrected chi connectivity index (χ2v) is 12.3. The molecule has 0 radical (unpaired) electrons. The van der Waals surface area contributed by atoms with Crippen LogP contribution in [0, 0.1) is 5.92 Å². The zero-order valence-electron chi connectivity index (χ0n) is 22.8. The molecule has 33 heavy (non-hydrogen) atoms. The molecular weight excluding hydrogens is 416 g/mol. The number of rotatable bonds is 8. The molecule has 0 saturated heterocycles. The first-order valence-corrected chi connectivity index (χ1v) is 12.1. The van der Waals surface area contributed by atoms with Crippen LogP contribution in [0.25, 0.3) is 0 Å². The van der Waals surface area contributed by atoms with Gasteiger partial charge in [-0.2, -0.15) is 0 Å². The highest BCUT2D eigenvalue weighted by atomic mass is 16.7. The van der Waals surface area contributed by atoms with E-state index < -0.39 is 11.8 Å². The lowest BCUT2D eigenvalue weighted by Gasteiger charge is -2.30. The second kappa shape index (κ2) is 11.4. The largest absolute Gasteiger partial charge is 0.514 e. The molecule has 1 aromatic rings. The Kier molecular flexibility index (Phi) is 10.0. The van der Waals surface area contributed by atoms with Crippen LogP contribution in [-0.4, -0.2) is 24.3 Å². The van der Waals surface area contributed by atoms with E-state index in [4.69, 9.17) is 14.2 Å². The molecule has 1 aromatic carbocycles. The summed E-state index contributed by atoms with van der Waals surface area (Å²) in [6.07, 6.45) is 2.12. The molecule has 0 spiro atoms. The molecule has 0 aliphatic carbocycles. The zero-order valence-corrected chi connectivity index (χ0v) is 22.8. The molecule has 0 saturated carbocycles. The van der Waals surface area contributed by atoms with Crippen molar-refractivity contribution < 1.29 is 23.8 Å². The van der Waals surface area contributed by atoms with Crippen molar-refractivity contribution in [1.82, 2.24) is 0 Å². The van der Waals surface area contributed by atoms with E-state index in [1.165, 1.54) is 0 Å². The Morgan fingerprint density at radius 3 is 1.82 bits per heavy atom. The Morgan fingerprint density at radius 2 is 1.39 bits per heavy atom. The maximum absolute atomic E-state index is 12.5. The molecule has 0 fully saturated rings. The molecule has 188 valence electrons. The van der Waals surface area contributed by atoms with Crippen LogP contribution < -0.4 is 4.74 Å². The Morgan fingerprint density at radius 1 is 0.879 bits per heavy atom. The molecule has 0 atom stereocenters. The van der Waals surface area contributed by atoms with Crippen molar-refractivity contribution in [2.45, 2.75) is 118 Å². The fourth-order valence-electron chi connectivity index (χ4n) is 3.41. The van der Waals surface area contributed by atoms with Gasteiger partial charge >= 0.3 is 12.1 Å². The summed E-state index contributed by atoms with van der Waals surface area (Å²) in [5.41, 5.74) is 1.67. The molecule has 1 rings (SSSR count). The van der Waals surface area contributed by atoms with E-state index >= 15 is 0 Å². The van der Waals surface area contributed by atoms with Gasteiger partial charge in [0.05, 0.1) is 6.61 Å². The summed E-state index contributed by atoms with van der Waals surface area (Å²) >= 11 is 0. The smallest absolute Gasteiger partial charge is 0.466 e. The molecule has 5 nitrogen and oxygen atoms in total. The number of hydrogen-bond acceptors (Lipinski definition) is 5. The molecule has 0 aromatic heterocycles. The Hall–Kier alpha value is -2.04. The summed E-state index contributed by atoms with van der Waals surface area (Å²) in [5, 5.41) is 0. The highest BCUT2D eigenvalue weighted by Crippen LogP contribution is 2.41. The highest BCUT2D eigenvalue weighted by molar-refractivity contribution is 5.70. The Bertz CT molecular complexity index is 766. The van der Waals surface area contributed by atoms with Crippen molar-refractivity contribution in [1.29, 1.82) is 0 Å². The Labute approximate surface area is 201 Å². The number of carbonyl (C=O) groups excluding carboxylic acids is 2. The van der Waals surface area contributed by atoms with E-state index in [1.54, 1.807) is 0 Å². The monoisotopic (exact) mass is 462 g/mol. The van der Waals surface area contributed by atoms with Gasteiger partial charge in [0.25, 0.3) is 0 Å². The minimum Gasteiger partial charge on any atom is -0.466 e. The van der Waals surface area contributed by atoms with Gasteiger partial charge in [0.2, 0.25) is 0 Å². The first kappa shape index (κ1) is 29.0. The van der Waals surface area contributed by atoms with Gasteiger partial charge in [-0.3, -0.25) is 4.79 Å². The number of ether oxygens (including phenoxy) is 3. The van der Waals surface area contributed by atoms with Gasteiger partial charge < -0.3 is 14.2 Å². The molecule has 0 heterocycles. The minimum absolute atomic E-state index is 0.178. The maximum atomic E-state index is 12.5. The molecule has 0 unspecified atom stereocenters. The van der Waals surface area contributed by atoms with Gasteiger partial charge in [-0.15, -0.1) is 0 Å². The molecule has 0 N–H and O–H groups in total. The van der Waals surface area contributed by atoms with Gasteiger partial charge in [0, 0.05) is 17.5 Å². The van der Waals surface area contributed by atoms with E-state index in [2.05, 4.69) is 55.4 Å². The minimum atomic E-state index is -0.712. The average molecular weight is 463 g/mol. The SMILES string of the molecule is CC(C)CCCOC(=O)CCc1cc(C(C)(C)C)c(OC(=O)OC(C)(C)C)c(C(C)(C)C)c1. The predicted octanol–water partition coefficient (Wildman–Crippen LogP) is 7.51. The maximum Gasteiger partial charge on any atom is 0.514 e. The summed E-state index contributed by atoms with van der Waals surface area (Å²) in [7, 11) is 0. The molecule has 0 aliphatic rings. The Balaban J connectivity index is 3.18. The fraction of sp³-hybridized carbons (Fsp3) is 0.714. The van der Waals surface area contributed by atoms with Crippen LogP contribution in [0.5, 0.6) is 5.75 Å². The number of hydrogen-bond donors (Lipinski definition) is 0. The van der Waals surface area contributed by atoms with E-state index in [-0.39, 0.29) is 16.8 Å². The van der Waals surface area contributed by atoms with Crippen LogP contribution >= 0.6 is 0 Å². The topological polar surface area (TPSA) is 61.8 Å². The second-order valence-electron chi connectivity index (χ2n) is 12.3. The number of benzene rings is 1. The van der Waals surface area contributed by atoms with Crippen LogP contribution in [0.3, 0.4) is 0 Å². The lowest BCUT2D eigenvalue weighted by molar-refractivity contribution is -0.143. The molecule has 0 amide bonds. The van der Waals surface area contributed by atoms with Crippen molar-refractivity contribution >= 4 is 12.1 Å². The van der Waals surface area contributed by atoms with Crippen molar-refractivity contribution in [2.75, 3.05) is 6.61 Å². The summed E-state index contributed by atoms with van der Waals surface area (Å²) < 4.78 is 16.7. The van der Waals surface area contributed by atoms with E-state index in [0.29, 0.717) is 31.1 Å². The van der Waals surface area contributed by atoms with E-state index in [1.807, 2.05) is 32.9 Å². The van der Waals surface area contributed by atoms with Crippen molar-refractivity contribution in [3.8, 4) is 5.75 Å². The number of carbonyl (C=O) groups is 2. The van der Waals surface area contributed by atoms with Gasteiger partial charge in [-0.1, -0.05) is 67.5 Å². The van der Waals surface area contributed by atoms with Gasteiger partial charge in [0.15, 0.2) is 0 Å². The predicted molar refractivity (Wildman–Crippen MR) is 134 cm³/mol. The summed E-state index contributed by atoms with van der Waals surface area (Å²) in [6.45, 7) is 22.8. The van der Waals surface area contributed by atoms with Gasteiger partial charge in [-0.05, 0) is 62.3 Å². The molecule has 5 heteroatoms. The van der Waals surface area contributed by atoms with E-state index in [0.717, 1.165) is 29.5 Å². The molecule has 0 bridgehead atoms. The van der Waals surface area contributed by atoms with Crippen LogP contribution in [0.2, 0.25) is 0 Å². The molecular formula is C28H46O5. The lowest BCUT2D eigenvalue weighted by Crippen LogP contribution is -2.28. The van der Waals surface area contributed by atoms with E-state index in [9.17, 15) is 9.59 Å². The zero-order chi connectivity index (χ0) is 25.6. The normalized spacial score (nSPS) is 12.6.